The second kappa shape index (κ2) is 19.2. The van der Waals surface area contributed by atoms with Gasteiger partial charge in [-0.15, -0.1) is 0 Å². The lowest BCUT2D eigenvalue weighted by molar-refractivity contribution is -0.141. The lowest BCUT2D eigenvalue weighted by Gasteiger charge is -2.05. The van der Waals surface area contributed by atoms with Crippen LogP contribution in [-0.2, 0) is 19.1 Å². The largest absolute Gasteiger partial charge is 0.469 e. The summed E-state index contributed by atoms with van der Waals surface area (Å²) in [7, 11) is 2.89. The fourth-order valence-corrected chi connectivity index (χ4v) is 2.78. The van der Waals surface area contributed by atoms with E-state index in [1.807, 2.05) is 0 Å². The van der Waals surface area contributed by atoms with E-state index >= 15 is 0 Å². The number of nitrogens with one attached hydrogen (secondary N) is 1. The molecule has 0 fully saturated rings. The molecule has 0 aliphatic carbocycles. The minimum Gasteiger partial charge on any atom is -0.469 e. The van der Waals surface area contributed by atoms with Crippen LogP contribution in [0.3, 0.4) is 0 Å². The molecule has 0 aliphatic heterocycles. The molecule has 0 heterocycles. The van der Waals surface area contributed by atoms with Crippen LogP contribution in [0.2, 0.25) is 0 Å². The molecule has 1 N–H and O–H groups in total. The fraction of sp³-hybridized carbons (Fsp3) is 0.900. The Hall–Kier alpha value is -1.10. The van der Waals surface area contributed by atoms with Gasteiger partial charge in [0.2, 0.25) is 0 Å². The molecule has 0 bridgehead atoms. The summed E-state index contributed by atoms with van der Waals surface area (Å²) in [5.41, 5.74) is 0. The normalized spacial score (nSPS) is 10.6. The van der Waals surface area contributed by atoms with Gasteiger partial charge in [0.25, 0.3) is 0 Å². The van der Waals surface area contributed by atoms with Crippen molar-refractivity contribution in [1.82, 2.24) is 5.32 Å². The first-order chi connectivity index (χ1) is 12.2. The summed E-state index contributed by atoms with van der Waals surface area (Å²) < 4.78 is 9.25. The van der Waals surface area contributed by atoms with Gasteiger partial charge in [-0.1, -0.05) is 51.4 Å². The van der Waals surface area contributed by atoms with E-state index in [4.69, 9.17) is 0 Å². The van der Waals surface area contributed by atoms with Crippen LogP contribution >= 0.6 is 0 Å². The van der Waals surface area contributed by atoms with Gasteiger partial charge in [0.15, 0.2) is 0 Å². The van der Waals surface area contributed by atoms with Crippen molar-refractivity contribution >= 4 is 11.9 Å². The molecule has 0 aromatic heterocycles. The third-order valence-electron chi connectivity index (χ3n) is 4.42. The van der Waals surface area contributed by atoms with E-state index in [1.165, 1.54) is 65.6 Å². The van der Waals surface area contributed by atoms with Crippen LogP contribution in [-0.4, -0.2) is 39.2 Å². The summed E-state index contributed by atoms with van der Waals surface area (Å²) in [6.07, 6.45) is 15.2. The Morgan fingerprint density at radius 3 is 1.24 bits per heavy atom. The van der Waals surface area contributed by atoms with Crippen LogP contribution in [0.15, 0.2) is 0 Å². The maximum atomic E-state index is 10.9. The standard InChI is InChI=1S/C20H39NO4/c1-24-19(22)15-11-7-3-5-9-13-17-21-18-14-10-6-4-8-12-16-20(23)25-2/h21H,3-18H2,1-2H3. The quantitative estimate of drug-likeness (QED) is 0.291. The van der Waals surface area contributed by atoms with Gasteiger partial charge in [-0.05, 0) is 38.8 Å². The summed E-state index contributed by atoms with van der Waals surface area (Å²) in [6.45, 7) is 2.22. The zero-order valence-corrected chi connectivity index (χ0v) is 16.4. The van der Waals surface area contributed by atoms with E-state index < -0.39 is 0 Å². The highest BCUT2D eigenvalue weighted by atomic mass is 16.5. The summed E-state index contributed by atoms with van der Waals surface area (Å²) in [6, 6.07) is 0. The van der Waals surface area contributed by atoms with Crippen LogP contribution in [0, 0.1) is 0 Å². The lowest BCUT2D eigenvalue weighted by atomic mass is 10.1. The minimum absolute atomic E-state index is 0.0922. The lowest BCUT2D eigenvalue weighted by Crippen LogP contribution is -2.16. The highest BCUT2D eigenvalue weighted by molar-refractivity contribution is 5.69. The fourth-order valence-electron chi connectivity index (χ4n) is 2.78. The van der Waals surface area contributed by atoms with E-state index in [-0.39, 0.29) is 11.9 Å². The molecule has 0 aromatic carbocycles. The molecule has 25 heavy (non-hydrogen) atoms. The summed E-state index contributed by atoms with van der Waals surface area (Å²) >= 11 is 0. The molecule has 0 radical (unpaired) electrons. The molecule has 0 aliphatic rings. The second-order valence-electron chi connectivity index (χ2n) is 6.64. The third-order valence-corrected chi connectivity index (χ3v) is 4.42. The molecule has 0 amide bonds. The van der Waals surface area contributed by atoms with Crippen molar-refractivity contribution in [2.24, 2.45) is 0 Å². The molecule has 0 saturated carbocycles. The van der Waals surface area contributed by atoms with Gasteiger partial charge in [-0.2, -0.15) is 0 Å². The van der Waals surface area contributed by atoms with Gasteiger partial charge >= 0.3 is 11.9 Å². The molecule has 0 spiro atoms. The summed E-state index contributed by atoms with van der Waals surface area (Å²) in [5, 5.41) is 3.51. The van der Waals surface area contributed by atoms with Crippen molar-refractivity contribution in [1.29, 1.82) is 0 Å². The zero-order chi connectivity index (χ0) is 18.6. The van der Waals surface area contributed by atoms with Crippen LogP contribution in [0.1, 0.15) is 89.9 Å². The molecule has 0 atom stereocenters. The average molecular weight is 358 g/mol. The van der Waals surface area contributed by atoms with Gasteiger partial charge in [0, 0.05) is 12.8 Å². The molecular formula is C20H39NO4. The predicted octanol–water partition coefficient (Wildman–Crippen LogP) is 4.38. The number of carbonyl (C=O) groups excluding carboxylic acids is 2. The summed E-state index contributed by atoms with van der Waals surface area (Å²) in [4.78, 5) is 21.9. The number of ether oxygens (including phenoxy) is 2. The second-order valence-corrected chi connectivity index (χ2v) is 6.64. The van der Waals surface area contributed by atoms with Crippen LogP contribution in [0.4, 0.5) is 0 Å². The number of rotatable bonds is 18. The number of esters is 2. The topological polar surface area (TPSA) is 64.6 Å². The van der Waals surface area contributed by atoms with E-state index in [1.54, 1.807) is 0 Å². The van der Waals surface area contributed by atoms with Gasteiger partial charge in [-0.3, -0.25) is 9.59 Å². The Kier molecular flexibility index (Phi) is 18.4. The minimum atomic E-state index is -0.0922. The molecule has 5 nitrogen and oxygen atoms in total. The van der Waals surface area contributed by atoms with Crippen LogP contribution in [0.5, 0.6) is 0 Å². The highest BCUT2D eigenvalue weighted by Gasteiger charge is 2.00. The maximum absolute atomic E-state index is 10.9. The monoisotopic (exact) mass is 357 g/mol. The van der Waals surface area contributed by atoms with Gasteiger partial charge in [-0.25, -0.2) is 0 Å². The number of methoxy groups -OCH3 is 2. The number of unbranched alkanes of at least 4 members (excludes halogenated alkanes) is 10. The van der Waals surface area contributed by atoms with Crippen molar-refractivity contribution < 1.29 is 19.1 Å². The van der Waals surface area contributed by atoms with Crippen molar-refractivity contribution in [2.45, 2.75) is 89.9 Å². The molecule has 148 valence electrons. The van der Waals surface area contributed by atoms with E-state index in [0.717, 1.165) is 38.8 Å². The van der Waals surface area contributed by atoms with E-state index in [0.29, 0.717) is 12.8 Å². The summed E-state index contributed by atoms with van der Waals surface area (Å²) in [5.74, 6) is -0.184. The van der Waals surface area contributed by atoms with E-state index in [2.05, 4.69) is 14.8 Å². The first-order valence-electron chi connectivity index (χ1n) is 10.0. The van der Waals surface area contributed by atoms with Gasteiger partial charge in [0.05, 0.1) is 14.2 Å². The zero-order valence-electron chi connectivity index (χ0n) is 16.4. The van der Waals surface area contributed by atoms with Gasteiger partial charge in [0.1, 0.15) is 0 Å². The number of carbonyl (C=O) groups is 2. The van der Waals surface area contributed by atoms with Crippen LogP contribution < -0.4 is 5.32 Å². The third kappa shape index (κ3) is 19.1. The SMILES string of the molecule is COC(=O)CCCCCCCCNCCCCCCCCC(=O)OC. The molecular weight excluding hydrogens is 318 g/mol. The Morgan fingerprint density at radius 2 is 0.880 bits per heavy atom. The Balaban J connectivity index is 3.05. The van der Waals surface area contributed by atoms with Crippen molar-refractivity contribution in [3.05, 3.63) is 0 Å². The first kappa shape index (κ1) is 23.9. The average Bonchev–Trinajstić information content (AvgIpc) is 2.63. The first-order valence-corrected chi connectivity index (χ1v) is 10.0. The highest BCUT2D eigenvalue weighted by Crippen LogP contribution is 2.08. The van der Waals surface area contributed by atoms with E-state index in [9.17, 15) is 9.59 Å². The molecule has 0 saturated heterocycles. The van der Waals surface area contributed by atoms with Crippen LogP contribution in [0.25, 0.3) is 0 Å². The number of hydrogen-bond acceptors (Lipinski definition) is 5. The maximum Gasteiger partial charge on any atom is 0.305 e. The predicted molar refractivity (Wildman–Crippen MR) is 102 cm³/mol. The smallest absolute Gasteiger partial charge is 0.305 e. The van der Waals surface area contributed by atoms with Crippen molar-refractivity contribution in [2.75, 3.05) is 27.3 Å². The molecule has 0 aromatic rings. The van der Waals surface area contributed by atoms with Gasteiger partial charge < -0.3 is 14.8 Å². The Morgan fingerprint density at radius 1 is 0.560 bits per heavy atom. The Labute approximate surface area is 154 Å². The Bertz CT molecular complexity index is 291. The van der Waals surface area contributed by atoms with Crippen molar-refractivity contribution in [3.8, 4) is 0 Å². The molecule has 0 unspecified atom stereocenters. The molecule has 0 rings (SSSR count). The number of hydrogen-bond donors (Lipinski definition) is 1. The van der Waals surface area contributed by atoms with Crippen molar-refractivity contribution in [3.63, 3.8) is 0 Å². The molecule has 5 heteroatoms.